The zero-order valence-electron chi connectivity index (χ0n) is 12.7. The molecule has 0 aromatic carbocycles. The average molecular weight is 257 g/mol. The average Bonchev–Trinajstić information content (AvgIpc) is 2.77. The summed E-state index contributed by atoms with van der Waals surface area (Å²) in [5, 5.41) is 0. The summed E-state index contributed by atoms with van der Waals surface area (Å²) in [7, 11) is 0. The summed E-state index contributed by atoms with van der Waals surface area (Å²) in [6.45, 7) is 8.52. The Bertz CT molecular complexity index is 207. The van der Waals surface area contributed by atoms with E-state index in [1.54, 1.807) is 0 Å². The van der Waals surface area contributed by atoms with E-state index in [1.807, 2.05) is 0 Å². The predicted octanol–water partition coefficient (Wildman–Crippen LogP) is 4.95. The van der Waals surface area contributed by atoms with Crippen molar-refractivity contribution in [3.05, 3.63) is 0 Å². The van der Waals surface area contributed by atoms with Crippen LogP contribution in [0.4, 0.5) is 4.39 Å². The van der Waals surface area contributed by atoms with Crippen LogP contribution in [0.25, 0.3) is 0 Å². The third kappa shape index (κ3) is 4.87. The molecule has 0 aliphatic carbocycles. The molecule has 108 valence electrons. The smallest absolute Gasteiger partial charge is 0.114 e. The van der Waals surface area contributed by atoms with Crippen molar-refractivity contribution in [1.29, 1.82) is 0 Å². The zero-order chi connectivity index (χ0) is 13.4. The number of hydrogen-bond acceptors (Lipinski definition) is 1. The van der Waals surface area contributed by atoms with Crippen LogP contribution in [0.2, 0.25) is 0 Å². The maximum Gasteiger partial charge on any atom is 0.114 e. The highest BCUT2D eigenvalue weighted by Crippen LogP contribution is 2.32. The monoisotopic (exact) mass is 257 g/mol. The van der Waals surface area contributed by atoms with Gasteiger partial charge >= 0.3 is 0 Å². The highest BCUT2D eigenvalue weighted by molar-refractivity contribution is 4.91. The van der Waals surface area contributed by atoms with Gasteiger partial charge in [0.1, 0.15) is 6.17 Å². The largest absolute Gasteiger partial charge is 0.295 e. The van der Waals surface area contributed by atoms with E-state index in [0.29, 0.717) is 6.54 Å². The van der Waals surface area contributed by atoms with Crippen molar-refractivity contribution in [2.24, 2.45) is 0 Å². The second kappa shape index (κ2) is 8.14. The van der Waals surface area contributed by atoms with E-state index in [2.05, 4.69) is 25.7 Å². The lowest BCUT2D eigenvalue weighted by molar-refractivity contribution is 0.0995. The molecule has 1 unspecified atom stereocenters. The first-order valence-corrected chi connectivity index (χ1v) is 8.01. The van der Waals surface area contributed by atoms with Gasteiger partial charge in [-0.1, -0.05) is 52.4 Å². The molecule has 1 nitrogen and oxygen atoms in total. The van der Waals surface area contributed by atoms with Gasteiger partial charge in [-0.2, -0.15) is 0 Å². The van der Waals surface area contributed by atoms with Crippen LogP contribution in [0, 0.1) is 0 Å². The fourth-order valence-corrected chi connectivity index (χ4v) is 3.16. The molecule has 0 radical (unpaired) electrons. The number of unbranched alkanes of at least 4 members (excludes halogenated alkanes) is 4. The van der Waals surface area contributed by atoms with E-state index in [9.17, 15) is 4.39 Å². The third-order valence-corrected chi connectivity index (χ3v) is 4.53. The fourth-order valence-electron chi connectivity index (χ4n) is 3.16. The van der Waals surface area contributed by atoms with Gasteiger partial charge in [-0.05, 0) is 26.2 Å². The molecular weight excluding hydrogens is 225 g/mol. The SMILES string of the molecule is CCCCCC(C)(CCCCC)N1CCC(F)C1. The lowest BCUT2D eigenvalue weighted by Crippen LogP contribution is -2.45. The third-order valence-electron chi connectivity index (χ3n) is 4.53. The number of rotatable bonds is 9. The summed E-state index contributed by atoms with van der Waals surface area (Å²) in [6, 6.07) is 0. The number of alkyl halides is 1. The van der Waals surface area contributed by atoms with Gasteiger partial charge in [0.15, 0.2) is 0 Å². The van der Waals surface area contributed by atoms with E-state index in [4.69, 9.17) is 0 Å². The highest BCUT2D eigenvalue weighted by Gasteiger charge is 2.35. The van der Waals surface area contributed by atoms with Crippen LogP contribution in [0.1, 0.15) is 78.6 Å². The highest BCUT2D eigenvalue weighted by atomic mass is 19.1. The van der Waals surface area contributed by atoms with Crippen molar-refractivity contribution in [1.82, 2.24) is 4.90 Å². The number of nitrogens with zero attached hydrogens (tertiary/aromatic N) is 1. The molecule has 1 saturated heterocycles. The maximum absolute atomic E-state index is 13.4. The molecule has 1 aliphatic heterocycles. The molecule has 1 aliphatic rings. The Morgan fingerprint density at radius 3 is 2.00 bits per heavy atom. The van der Waals surface area contributed by atoms with Crippen LogP contribution >= 0.6 is 0 Å². The van der Waals surface area contributed by atoms with Gasteiger partial charge in [-0.25, -0.2) is 4.39 Å². The van der Waals surface area contributed by atoms with Crippen molar-refractivity contribution in [2.75, 3.05) is 13.1 Å². The Morgan fingerprint density at radius 2 is 1.61 bits per heavy atom. The molecule has 0 amide bonds. The summed E-state index contributed by atoms with van der Waals surface area (Å²) in [4.78, 5) is 2.43. The molecule has 1 heterocycles. The topological polar surface area (TPSA) is 3.24 Å². The lowest BCUT2D eigenvalue weighted by atomic mass is 9.87. The Balaban J connectivity index is 2.49. The lowest BCUT2D eigenvalue weighted by Gasteiger charge is -2.39. The van der Waals surface area contributed by atoms with Crippen LogP contribution in [-0.2, 0) is 0 Å². The molecule has 18 heavy (non-hydrogen) atoms. The molecule has 0 N–H and O–H groups in total. The molecule has 0 aromatic rings. The molecule has 1 rings (SSSR count). The van der Waals surface area contributed by atoms with Crippen molar-refractivity contribution in [3.63, 3.8) is 0 Å². The van der Waals surface area contributed by atoms with Gasteiger partial charge in [0.25, 0.3) is 0 Å². The Hall–Kier alpha value is -0.110. The second-order valence-electron chi connectivity index (χ2n) is 6.24. The minimum atomic E-state index is -0.582. The molecule has 1 atom stereocenters. The second-order valence-corrected chi connectivity index (χ2v) is 6.24. The van der Waals surface area contributed by atoms with Gasteiger partial charge < -0.3 is 0 Å². The Kier molecular flexibility index (Phi) is 7.21. The summed E-state index contributed by atoms with van der Waals surface area (Å²) in [5.74, 6) is 0. The van der Waals surface area contributed by atoms with Crippen molar-refractivity contribution < 1.29 is 4.39 Å². The summed E-state index contributed by atoms with van der Waals surface area (Å²) in [5.41, 5.74) is 0.255. The van der Waals surface area contributed by atoms with Gasteiger partial charge in [-0.15, -0.1) is 0 Å². The normalized spacial score (nSPS) is 21.7. The van der Waals surface area contributed by atoms with E-state index in [1.165, 1.54) is 51.4 Å². The first-order chi connectivity index (χ1) is 8.62. The summed E-state index contributed by atoms with van der Waals surface area (Å²) >= 11 is 0. The molecule has 0 saturated carbocycles. The minimum Gasteiger partial charge on any atom is -0.295 e. The maximum atomic E-state index is 13.4. The van der Waals surface area contributed by atoms with E-state index >= 15 is 0 Å². The zero-order valence-corrected chi connectivity index (χ0v) is 12.7. The quantitative estimate of drug-likeness (QED) is 0.528. The molecule has 0 spiro atoms. The number of hydrogen-bond donors (Lipinski definition) is 0. The van der Waals surface area contributed by atoms with Crippen LogP contribution in [0.15, 0.2) is 0 Å². The first-order valence-electron chi connectivity index (χ1n) is 8.01. The Labute approximate surface area is 113 Å². The fraction of sp³-hybridized carbons (Fsp3) is 1.00. The minimum absolute atomic E-state index is 0.255. The van der Waals surface area contributed by atoms with Crippen LogP contribution in [-0.4, -0.2) is 29.7 Å². The number of halogens is 1. The van der Waals surface area contributed by atoms with Crippen LogP contribution < -0.4 is 0 Å². The van der Waals surface area contributed by atoms with Gasteiger partial charge in [0.05, 0.1) is 0 Å². The van der Waals surface area contributed by atoms with Crippen LogP contribution in [0.5, 0.6) is 0 Å². The summed E-state index contributed by atoms with van der Waals surface area (Å²) < 4.78 is 13.4. The van der Waals surface area contributed by atoms with Gasteiger partial charge in [0, 0.05) is 18.6 Å². The van der Waals surface area contributed by atoms with E-state index < -0.39 is 6.17 Å². The molecule has 1 fully saturated rings. The van der Waals surface area contributed by atoms with Gasteiger partial charge in [0.2, 0.25) is 0 Å². The van der Waals surface area contributed by atoms with Gasteiger partial charge in [-0.3, -0.25) is 4.90 Å². The molecule has 0 aromatic heterocycles. The standard InChI is InChI=1S/C16H32FN/c1-4-6-8-11-16(3,12-9-7-5-2)18-13-10-15(17)14-18/h15H,4-14H2,1-3H3. The molecule has 2 heteroatoms. The molecular formula is C16H32FN. The van der Waals surface area contributed by atoms with E-state index in [-0.39, 0.29) is 5.54 Å². The van der Waals surface area contributed by atoms with Crippen molar-refractivity contribution in [3.8, 4) is 0 Å². The van der Waals surface area contributed by atoms with E-state index in [0.717, 1.165) is 13.0 Å². The van der Waals surface area contributed by atoms with Crippen molar-refractivity contribution in [2.45, 2.75) is 90.3 Å². The predicted molar refractivity (Wildman–Crippen MR) is 77.8 cm³/mol. The first kappa shape index (κ1) is 15.9. The van der Waals surface area contributed by atoms with Crippen molar-refractivity contribution >= 4 is 0 Å². The Morgan fingerprint density at radius 1 is 1.06 bits per heavy atom. The number of likely N-dealkylation sites (tertiary alicyclic amines) is 1. The molecule has 0 bridgehead atoms. The van der Waals surface area contributed by atoms with Crippen LogP contribution in [0.3, 0.4) is 0 Å². The summed E-state index contributed by atoms with van der Waals surface area (Å²) in [6.07, 6.45) is 10.4.